The lowest BCUT2D eigenvalue weighted by Crippen LogP contribution is -2.22. The van der Waals surface area contributed by atoms with E-state index in [9.17, 15) is 0 Å². The maximum Gasteiger partial charge on any atom is 0.189 e. The molecule has 0 amide bonds. The van der Waals surface area contributed by atoms with Crippen LogP contribution in [0, 0.1) is 0 Å². The lowest BCUT2D eigenvalue weighted by atomic mass is 10.3. The van der Waals surface area contributed by atoms with Crippen LogP contribution in [0.3, 0.4) is 0 Å². The first kappa shape index (κ1) is 15.0. The molecule has 0 N–H and O–H groups in total. The van der Waals surface area contributed by atoms with Crippen molar-refractivity contribution in [2.24, 2.45) is 0 Å². The lowest BCUT2D eigenvalue weighted by molar-refractivity contribution is 0.0221. The molecule has 1 aromatic carbocycles. The molecule has 0 saturated carbocycles. The highest BCUT2D eigenvalue weighted by atomic mass is 79.9. The summed E-state index contributed by atoms with van der Waals surface area (Å²) in [6.07, 6.45) is 0. The minimum Gasteiger partial charge on any atom is -0.466 e. The minimum atomic E-state index is -1.02. The van der Waals surface area contributed by atoms with Crippen LogP contribution in [-0.4, -0.2) is 21.5 Å². The molecule has 0 heterocycles. The minimum absolute atomic E-state index is 0.251. The first-order valence-electron chi connectivity index (χ1n) is 5.55. The monoisotopic (exact) mass is 336 g/mol. The largest absolute Gasteiger partial charge is 0.466 e. The van der Waals surface area contributed by atoms with Crippen LogP contribution in [-0.2, 0) is 4.74 Å². The highest BCUT2D eigenvalue weighted by Gasteiger charge is 2.12. The van der Waals surface area contributed by atoms with E-state index in [0.717, 1.165) is 17.1 Å². The van der Waals surface area contributed by atoms with Gasteiger partial charge in [0.1, 0.15) is 5.75 Å². The molecule has 2 nitrogen and oxygen atoms in total. The third-order valence-electron chi connectivity index (χ3n) is 2.21. The van der Waals surface area contributed by atoms with E-state index in [-0.39, 0.29) is 6.79 Å². The summed E-state index contributed by atoms with van der Waals surface area (Å²) < 4.78 is 11.7. The van der Waals surface area contributed by atoms with Gasteiger partial charge < -0.3 is 9.47 Å². The molecule has 0 atom stereocenters. The lowest BCUT2D eigenvalue weighted by Gasteiger charge is -2.15. The van der Waals surface area contributed by atoms with Crippen LogP contribution in [0.5, 0.6) is 5.75 Å². The van der Waals surface area contributed by atoms with Gasteiger partial charge in [-0.25, -0.2) is 0 Å². The molecule has 5 heteroatoms. The van der Waals surface area contributed by atoms with E-state index in [1.54, 1.807) is 0 Å². The van der Waals surface area contributed by atoms with Gasteiger partial charge >= 0.3 is 0 Å². The van der Waals surface area contributed by atoms with Crippen LogP contribution >= 0.6 is 27.5 Å². The predicted molar refractivity (Wildman–Crippen MR) is 78.8 cm³/mol. The van der Waals surface area contributed by atoms with Crippen molar-refractivity contribution in [3.8, 4) is 5.75 Å². The van der Waals surface area contributed by atoms with Crippen LogP contribution in [0.1, 0.15) is 0 Å². The summed E-state index contributed by atoms with van der Waals surface area (Å²) in [5, 5.41) is 0.585. The fraction of sp³-hybridized carbons (Fsp3) is 0.500. The van der Waals surface area contributed by atoms with Crippen molar-refractivity contribution < 1.29 is 9.47 Å². The Morgan fingerprint density at radius 3 is 2.65 bits per heavy atom. The molecule has 1 aromatic rings. The Morgan fingerprint density at radius 1 is 1.29 bits per heavy atom. The molecular weight excluding hydrogens is 320 g/mol. The molecule has 0 bridgehead atoms. The molecule has 0 fully saturated rings. The van der Waals surface area contributed by atoms with E-state index in [1.807, 2.05) is 18.2 Å². The van der Waals surface area contributed by atoms with Crippen LogP contribution in [0.15, 0.2) is 22.7 Å². The van der Waals surface area contributed by atoms with Crippen molar-refractivity contribution in [1.29, 1.82) is 0 Å². The third kappa shape index (κ3) is 5.90. The van der Waals surface area contributed by atoms with Gasteiger partial charge in [-0.2, -0.15) is 0 Å². The zero-order chi connectivity index (χ0) is 12.9. The van der Waals surface area contributed by atoms with Crippen LogP contribution in [0.25, 0.3) is 0 Å². The molecule has 96 valence electrons. The highest BCUT2D eigenvalue weighted by Crippen LogP contribution is 2.31. The average Bonchev–Trinajstić information content (AvgIpc) is 2.22. The van der Waals surface area contributed by atoms with Gasteiger partial charge in [-0.3, -0.25) is 0 Å². The molecule has 0 unspecified atom stereocenters. The van der Waals surface area contributed by atoms with Gasteiger partial charge in [0.05, 0.1) is 5.02 Å². The normalized spacial score (nSPS) is 11.6. The third-order valence-corrected chi connectivity index (χ3v) is 5.19. The van der Waals surface area contributed by atoms with Crippen molar-refractivity contribution in [1.82, 2.24) is 0 Å². The number of rotatable bonds is 6. The number of ether oxygens (including phenoxy) is 2. The van der Waals surface area contributed by atoms with Gasteiger partial charge in [-0.15, -0.1) is 0 Å². The van der Waals surface area contributed by atoms with Crippen molar-refractivity contribution in [2.45, 2.75) is 25.7 Å². The van der Waals surface area contributed by atoms with Gasteiger partial charge in [0.2, 0.25) is 0 Å². The van der Waals surface area contributed by atoms with E-state index in [1.165, 1.54) is 0 Å². The van der Waals surface area contributed by atoms with Gasteiger partial charge in [-0.1, -0.05) is 37.3 Å². The summed E-state index contributed by atoms with van der Waals surface area (Å²) in [6.45, 7) is 7.97. The molecule has 17 heavy (non-hydrogen) atoms. The second-order valence-corrected chi connectivity index (χ2v) is 11.9. The predicted octanol–water partition coefficient (Wildman–Crippen LogP) is 4.79. The van der Waals surface area contributed by atoms with Gasteiger partial charge in [0.15, 0.2) is 6.79 Å². The molecule has 0 aliphatic heterocycles. The Balaban J connectivity index is 2.29. The van der Waals surface area contributed by atoms with Crippen LogP contribution in [0.4, 0.5) is 0 Å². The van der Waals surface area contributed by atoms with E-state index < -0.39 is 8.07 Å². The van der Waals surface area contributed by atoms with Gasteiger partial charge in [0.25, 0.3) is 0 Å². The first-order valence-corrected chi connectivity index (χ1v) is 10.4. The van der Waals surface area contributed by atoms with Crippen molar-refractivity contribution in [2.75, 3.05) is 13.4 Å². The Morgan fingerprint density at radius 2 is 2.00 bits per heavy atom. The molecule has 0 aromatic heterocycles. The Kier molecular flexibility index (Phi) is 5.99. The molecule has 1 rings (SSSR count). The number of hydrogen-bond acceptors (Lipinski definition) is 2. The topological polar surface area (TPSA) is 18.5 Å². The molecule has 0 aliphatic rings. The first-order chi connectivity index (χ1) is 7.90. The number of hydrogen-bond donors (Lipinski definition) is 0. The zero-order valence-electron chi connectivity index (χ0n) is 10.4. The summed E-state index contributed by atoms with van der Waals surface area (Å²) in [7, 11) is -1.02. The second kappa shape index (κ2) is 6.78. The smallest absolute Gasteiger partial charge is 0.189 e. The number of benzene rings is 1. The van der Waals surface area contributed by atoms with E-state index in [2.05, 4.69) is 35.6 Å². The maximum absolute atomic E-state index is 6.06. The fourth-order valence-corrected chi connectivity index (χ4v) is 2.42. The standard InChI is InChI=1S/C12H18BrClO2Si/c1-17(2,3)8-7-15-9-16-11-6-4-5-10(13)12(11)14/h4-6H,7-9H2,1-3H3. The van der Waals surface area contributed by atoms with Crippen LogP contribution in [0.2, 0.25) is 30.7 Å². The zero-order valence-corrected chi connectivity index (χ0v) is 13.8. The SMILES string of the molecule is C[Si](C)(C)CCOCOc1cccc(Br)c1Cl. The van der Waals surface area contributed by atoms with Crippen molar-refractivity contribution in [3.63, 3.8) is 0 Å². The molecular formula is C12H18BrClO2Si. The second-order valence-electron chi connectivity index (χ2n) is 5.03. The Bertz CT molecular complexity index is 366. The summed E-state index contributed by atoms with van der Waals surface area (Å²) in [6, 6.07) is 6.73. The van der Waals surface area contributed by atoms with Crippen LogP contribution < -0.4 is 4.74 Å². The maximum atomic E-state index is 6.06. The molecule has 0 aliphatic carbocycles. The molecule has 0 saturated heterocycles. The summed E-state index contributed by atoms with van der Waals surface area (Å²) in [4.78, 5) is 0. The van der Waals surface area contributed by atoms with E-state index in [0.29, 0.717) is 10.8 Å². The van der Waals surface area contributed by atoms with Gasteiger partial charge in [-0.05, 0) is 34.1 Å². The number of halogens is 2. The van der Waals surface area contributed by atoms with Crippen molar-refractivity contribution >= 4 is 35.6 Å². The molecule has 0 spiro atoms. The Labute approximate surface area is 117 Å². The summed E-state index contributed by atoms with van der Waals surface area (Å²) in [5.41, 5.74) is 0. The van der Waals surface area contributed by atoms with E-state index in [4.69, 9.17) is 21.1 Å². The quantitative estimate of drug-likeness (QED) is 0.422. The average molecular weight is 338 g/mol. The summed E-state index contributed by atoms with van der Waals surface area (Å²) in [5.74, 6) is 0.647. The highest BCUT2D eigenvalue weighted by molar-refractivity contribution is 9.10. The van der Waals surface area contributed by atoms with Crippen molar-refractivity contribution in [3.05, 3.63) is 27.7 Å². The Hall–Kier alpha value is -0.0331. The van der Waals surface area contributed by atoms with E-state index >= 15 is 0 Å². The summed E-state index contributed by atoms with van der Waals surface area (Å²) >= 11 is 9.41. The molecule has 0 radical (unpaired) electrons. The van der Waals surface area contributed by atoms with Gasteiger partial charge in [0, 0.05) is 19.2 Å². The fourth-order valence-electron chi connectivity index (χ4n) is 1.14.